The molecular weight excluding hydrogens is 232 g/mol. The Balaban J connectivity index is 2.43. The van der Waals surface area contributed by atoms with Crippen molar-refractivity contribution in [3.05, 3.63) is 0 Å². The second-order valence-corrected chi connectivity index (χ2v) is 6.28. The number of rotatable bonds is 7. The van der Waals surface area contributed by atoms with Gasteiger partial charge in [0.1, 0.15) is 0 Å². The van der Waals surface area contributed by atoms with Crippen LogP contribution in [-0.2, 0) is 4.79 Å². The SMILES string of the molecule is CCCC(CN)C(=O)NC1CCCC1SCC. The van der Waals surface area contributed by atoms with Gasteiger partial charge in [0, 0.05) is 17.8 Å². The first-order valence-corrected chi connectivity index (χ1v) is 7.89. The molecule has 4 heteroatoms. The van der Waals surface area contributed by atoms with Gasteiger partial charge in [-0.25, -0.2) is 0 Å². The van der Waals surface area contributed by atoms with Crippen LogP contribution in [0.4, 0.5) is 0 Å². The standard InChI is InChI=1S/C13H26N2OS/c1-3-6-10(9-14)13(16)15-11-7-5-8-12(11)17-4-2/h10-12H,3-9,14H2,1-2H3,(H,15,16). The van der Waals surface area contributed by atoms with Gasteiger partial charge >= 0.3 is 0 Å². The lowest BCUT2D eigenvalue weighted by atomic mass is 10.0. The Morgan fingerprint density at radius 1 is 1.47 bits per heavy atom. The van der Waals surface area contributed by atoms with Gasteiger partial charge in [0.2, 0.25) is 5.91 Å². The molecule has 3 atom stereocenters. The van der Waals surface area contributed by atoms with Crippen LogP contribution < -0.4 is 11.1 Å². The molecule has 0 spiro atoms. The van der Waals surface area contributed by atoms with E-state index in [0.29, 0.717) is 17.8 Å². The van der Waals surface area contributed by atoms with Crippen LogP contribution in [0.1, 0.15) is 46.0 Å². The zero-order valence-electron chi connectivity index (χ0n) is 11.1. The summed E-state index contributed by atoms with van der Waals surface area (Å²) in [5.74, 6) is 1.31. The van der Waals surface area contributed by atoms with E-state index in [9.17, 15) is 4.79 Å². The summed E-state index contributed by atoms with van der Waals surface area (Å²) in [6.07, 6.45) is 5.54. The maximum atomic E-state index is 12.1. The van der Waals surface area contributed by atoms with Crippen LogP contribution in [0.5, 0.6) is 0 Å². The molecule has 0 saturated heterocycles. The maximum Gasteiger partial charge on any atom is 0.224 e. The van der Waals surface area contributed by atoms with Crippen LogP contribution in [-0.4, -0.2) is 29.5 Å². The number of nitrogens with two attached hydrogens (primary N) is 1. The average molecular weight is 258 g/mol. The lowest BCUT2D eigenvalue weighted by Gasteiger charge is -2.23. The monoisotopic (exact) mass is 258 g/mol. The van der Waals surface area contributed by atoms with Gasteiger partial charge in [-0.05, 0) is 25.0 Å². The molecule has 1 fully saturated rings. The molecule has 1 saturated carbocycles. The van der Waals surface area contributed by atoms with Crippen molar-refractivity contribution in [3.63, 3.8) is 0 Å². The highest BCUT2D eigenvalue weighted by Gasteiger charge is 2.29. The highest BCUT2D eigenvalue weighted by atomic mass is 32.2. The second kappa shape index (κ2) is 7.98. The number of amides is 1. The molecule has 100 valence electrons. The summed E-state index contributed by atoms with van der Waals surface area (Å²) in [6.45, 7) is 4.75. The van der Waals surface area contributed by atoms with Crippen molar-refractivity contribution in [1.29, 1.82) is 0 Å². The summed E-state index contributed by atoms with van der Waals surface area (Å²) >= 11 is 1.98. The molecule has 3 nitrogen and oxygen atoms in total. The Labute approximate surface area is 109 Å². The van der Waals surface area contributed by atoms with E-state index in [1.165, 1.54) is 12.8 Å². The Kier molecular flexibility index (Phi) is 6.97. The fourth-order valence-electron chi connectivity index (χ4n) is 2.51. The van der Waals surface area contributed by atoms with Crippen molar-refractivity contribution in [1.82, 2.24) is 5.32 Å². The minimum atomic E-state index is 0.00729. The molecule has 0 aliphatic heterocycles. The lowest BCUT2D eigenvalue weighted by Crippen LogP contribution is -2.43. The lowest BCUT2D eigenvalue weighted by molar-refractivity contribution is -0.125. The van der Waals surface area contributed by atoms with Crippen molar-refractivity contribution in [2.24, 2.45) is 11.7 Å². The largest absolute Gasteiger partial charge is 0.352 e. The molecule has 1 aliphatic carbocycles. The third-order valence-electron chi connectivity index (χ3n) is 3.45. The Bertz CT molecular complexity index is 235. The quantitative estimate of drug-likeness (QED) is 0.735. The van der Waals surface area contributed by atoms with E-state index in [-0.39, 0.29) is 11.8 Å². The van der Waals surface area contributed by atoms with Gasteiger partial charge in [0.05, 0.1) is 5.92 Å². The topological polar surface area (TPSA) is 55.1 Å². The number of hydrogen-bond acceptors (Lipinski definition) is 3. The van der Waals surface area contributed by atoms with Gasteiger partial charge < -0.3 is 11.1 Å². The minimum absolute atomic E-state index is 0.00729. The third-order valence-corrected chi connectivity index (χ3v) is 4.78. The van der Waals surface area contributed by atoms with Crippen LogP contribution in [0.2, 0.25) is 0 Å². The molecule has 0 radical (unpaired) electrons. The molecule has 0 heterocycles. The van der Waals surface area contributed by atoms with E-state index >= 15 is 0 Å². The summed E-state index contributed by atoms with van der Waals surface area (Å²) in [6, 6.07) is 0.373. The fraction of sp³-hybridized carbons (Fsp3) is 0.923. The van der Waals surface area contributed by atoms with Gasteiger partial charge in [-0.3, -0.25) is 4.79 Å². The van der Waals surface area contributed by atoms with Crippen LogP contribution in [0, 0.1) is 5.92 Å². The van der Waals surface area contributed by atoms with E-state index in [0.717, 1.165) is 25.0 Å². The van der Waals surface area contributed by atoms with Gasteiger partial charge in [-0.15, -0.1) is 0 Å². The molecule has 3 N–H and O–H groups in total. The normalized spacial score (nSPS) is 25.8. The van der Waals surface area contributed by atoms with Crippen LogP contribution in [0.25, 0.3) is 0 Å². The Morgan fingerprint density at radius 3 is 2.82 bits per heavy atom. The maximum absolute atomic E-state index is 12.1. The van der Waals surface area contributed by atoms with E-state index < -0.39 is 0 Å². The molecule has 17 heavy (non-hydrogen) atoms. The predicted molar refractivity (Wildman–Crippen MR) is 75.2 cm³/mol. The second-order valence-electron chi connectivity index (χ2n) is 4.76. The summed E-state index contributed by atoms with van der Waals surface area (Å²) in [5.41, 5.74) is 5.66. The molecule has 1 amide bonds. The van der Waals surface area contributed by atoms with Crippen molar-refractivity contribution >= 4 is 17.7 Å². The first-order chi connectivity index (χ1) is 8.22. The molecule has 0 aromatic heterocycles. The van der Waals surface area contributed by atoms with Crippen LogP contribution in [0.15, 0.2) is 0 Å². The zero-order valence-corrected chi connectivity index (χ0v) is 11.9. The highest BCUT2D eigenvalue weighted by molar-refractivity contribution is 7.99. The molecule has 0 aromatic carbocycles. The smallest absolute Gasteiger partial charge is 0.224 e. The number of carbonyl (C=O) groups is 1. The minimum Gasteiger partial charge on any atom is -0.352 e. The van der Waals surface area contributed by atoms with Crippen molar-refractivity contribution in [3.8, 4) is 0 Å². The molecule has 0 aromatic rings. The molecule has 3 unspecified atom stereocenters. The number of carbonyl (C=O) groups excluding carboxylic acids is 1. The van der Waals surface area contributed by atoms with Gasteiger partial charge in [-0.2, -0.15) is 11.8 Å². The van der Waals surface area contributed by atoms with Crippen molar-refractivity contribution in [2.45, 2.75) is 57.2 Å². The first kappa shape index (κ1) is 14.8. The molecular formula is C13H26N2OS. The average Bonchev–Trinajstić information content (AvgIpc) is 2.74. The molecule has 1 rings (SSSR count). The van der Waals surface area contributed by atoms with Gasteiger partial charge in [-0.1, -0.05) is 26.7 Å². The van der Waals surface area contributed by atoms with E-state index in [4.69, 9.17) is 5.73 Å². The summed E-state index contributed by atoms with van der Waals surface area (Å²) in [7, 11) is 0. The summed E-state index contributed by atoms with van der Waals surface area (Å²) in [4.78, 5) is 12.1. The van der Waals surface area contributed by atoms with E-state index in [2.05, 4.69) is 19.2 Å². The number of hydrogen-bond donors (Lipinski definition) is 2. The van der Waals surface area contributed by atoms with Crippen molar-refractivity contribution < 1.29 is 4.79 Å². The van der Waals surface area contributed by atoms with Crippen LogP contribution >= 0.6 is 11.8 Å². The molecule has 0 bridgehead atoms. The highest BCUT2D eigenvalue weighted by Crippen LogP contribution is 2.30. The van der Waals surface area contributed by atoms with E-state index in [1.54, 1.807) is 0 Å². The summed E-state index contributed by atoms with van der Waals surface area (Å²) in [5, 5.41) is 3.82. The van der Waals surface area contributed by atoms with Gasteiger partial charge in [0.15, 0.2) is 0 Å². The Morgan fingerprint density at radius 2 is 2.24 bits per heavy atom. The molecule has 1 aliphatic rings. The first-order valence-electron chi connectivity index (χ1n) is 6.84. The van der Waals surface area contributed by atoms with Gasteiger partial charge in [0.25, 0.3) is 0 Å². The fourth-order valence-corrected chi connectivity index (χ4v) is 3.71. The zero-order chi connectivity index (χ0) is 12.7. The third kappa shape index (κ3) is 4.51. The number of nitrogens with one attached hydrogen (secondary N) is 1. The van der Waals surface area contributed by atoms with E-state index in [1.807, 2.05) is 11.8 Å². The van der Waals surface area contributed by atoms with Crippen molar-refractivity contribution in [2.75, 3.05) is 12.3 Å². The predicted octanol–water partition coefficient (Wildman–Crippen LogP) is 2.15. The summed E-state index contributed by atoms with van der Waals surface area (Å²) < 4.78 is 0. The Hall–Kier alpha value is -0.220. The number of thioether (sulfide) groups is 1. The van der Waals surface area contributed by atoms with Crippen LogP contribution in [0.3, 0.4) is 0 Å².